The maximum absolute atomic E-state index is 12.0. The summed E-state index contributed by atoms with van der Waals surface area (Å²) in [6.07, 6.45) is 1.63. The molecular formula is C14H19ClN2O4S. The molecule has 1 atom stereocenters. The highest BCUT2D eigenvalue weighted by Gasteiger charge is 2.28. The number of hydrogen-bond donors (Lipinski definition) is 1. The number of carbonyl (C=O) groups is 1. The molecule has 1 heterocycles. The van der Waals surface area contributed by atoms with Crippen LogP contribution < -0.4 is 10.1 Å². The minimum absolute atomic E-state index is 0.200. The molecule has 1 N–H and O–H groups in total. The van der Waals surface area contributed by atoms with E-state index in [1.807, 2.05) is 0 Å². The molecule has 8 heteroatoms. The summed E-state index contributed by atoms with van der Waals surface area (Å²) in [5.41, 5.74) is 0.921. The number of fused-ring (bicyclic) bond motifs is 1. The van der Waals surface area contributed by atoms with Gasteiger partial charge in [-0.3, -0.25) is 4.79 Å². The van der Waals surface area contributed by atoms with Crippen molar-refractivity contribution >= 4 is 27.5 Å². The summed E-state index contributed by atoms with van der Waals surface area (Å²) in [5.74, 6) is 0.482. The topological polar surface area (TPSA) is 75.7 Å². The van der Waals surface area contributed by atoms with Crippen molar-refractivity contribution in [3.63, 3.8) is 0 Å². The van der Waals surface area contributed by atoms with Gasteiger partial charge in [0.1, 0.15) is 5.75 Å². The number of hydrogen-bond acceptors (Lipinski definition) is 4. The van der Waals surface area contributed by atoms with Gasteiger partial charge in [0.2, 0.25) is 10.0 Å². The van der Waals surface area contributed by atoms with Gasteiger partial charge in [-0.05, 0) is 30.2 Å². The predicted molar refractivity (Wildman–Crippen MR) is 84.7 cm³/mol. The van der Waals surface area contributed by atoms with E-state index in [1.165, 1.54) is 11.4 Å². The molecule has 0 saturated carbocycles. The molecule has 1 aliphatic rings. The Morgan fingerprint density at radius 2 is 2.23 bits per heavy atom. The number of halogens is 1. The second-order valence-corrected chi connectivity index (χ2v) is 7.82. The van der Waals surface area contributed by atoms with E-state index in [1.54, 1.807) is 18.2 Å². The molecule has 0 radical (unpaired) electrons. The number of nitrogens with zero attached hydrogens (tertiary/aromatic N) is 1. The standard InChI is InChI=1S/C14H19ClN2O4S/c1-17(22(2,19)20)7-3-6-16-14(18)13-9-10-8-11(15)4-5-12(10)21-13/h4-5,8,13H,3,6-7,9H2,1-2H3,(H,16,18). The first-order chi connectivity index (χ1) is 10.3. The number of sulfonamides is 1. The van der Waals surface area contributed by atoms with E-state index in [9.17, 15) is 13.2 Å². The van der Waals surface area contributed by atoms with Crippen LogP contribution in [0.4, 0.5) is 0 Å². The van der Waals surface area contributed by atoms with E-state index in [-0.39, 0.29) is 5.91 Å². The van der Waals surface area contributed by atoms with Crippen molar-refractivity contribution in [2.45, 2.75) is 18.9 Å². The third-order valence-corrected chi connectivity index (χ3v) is 5.05. The molecule has 0 saturated heterocycles. The van der Waals surface area contributed by atoms with Crippen LogP contribution in [0, 0.1) is 0 Å². The molecule has 6 nitrogen and oxygen atoms in total. The first-order valence-corrected chi connectivity index (χ1v) is 9.14. The van der Waals surface area contributed by atoms with Gasteiger partial charge in [-0.2, -0.15) is 0 Å². The van der Waals surface area contributed by atoms with Crippen molar-refractivity contribution in [3.05, 3.63) is 28.8 Å². The minimum atomic E-state index is -3.18. The van der Waals surface area contributed by atoms with Gasteiger partial charge < -0.3 is 10.1 Å². The Hall–Kier alpha value is -1.31. The summed E-state index contributed by atoms with van der Waals surface area (Å²) >= 11 is 5.91. The number of nitrogens with one attached hydrogen (secondary N) is 1. The normalized spacial score (nSPS) is 17.2. The monoisotopic (exact) mass is 346 g/mol. The van der Waals surface area contributed by atoms with Gasteiger partial charge in [0, 0.05) is 31.6 Å². The third kappa shape index (κ3) is 4.34. The molecule has 0 aliphatic carbocycles. The molecule has 1 aliphatic heterocycles. The Kier molecular flexibility index (Phi) is 5.31. The average molecular weight is 347 g/mol. The van der Waals surface area contributed by atoms with Gasteiger partial charge in [-0.25, -0.2) is 12.7 Å². The van der Waals surface area contributed by atoms with E-state index >= 15 is 0 Å². The van der Waals surface area contributed by atoms with Crippen molar-refractivity contribution in [1.29, 1.82) is 0 Å². The number of ether oxygens (including phenoxy) is 1. The van der Waals surface area contributed by atoms with E-state index in [0.717, 1.165) is 11.8 Å². The van der Waals surface area contributed by atoms with Crippen LogP contribution in [0.5, 0.6) is 5.75 Å². The lowest BCUT2D eigenvalue weighted by atomic mass is 10.1. The fourth-order valence-electron chi connectivity index (χ4n) is 2.16. The Bertz CT molecular complexity index is 663. The Morgan fingerprint density at radius 3 is 2.91 bits per heavy atom. The molecule has 0 bridgehead atoms. The van der Waals surface area contributed by atoms with Crippen LogP contribution in [0.3, 0.4) is 0 Å². The molecular weight excluding hydrogens is 328 g/mol. The van der Waals surface area contributed by atoms with Gasteiger partial charge in [0.15, 0.2) is 6.10 Å². The molecule has 1 unspecified atom stereocenters. The van der Waals surface area contributed by atoms with Crippen LogP contribution in [-0.4, -0.2) is 51.1 Å². The summed E-state index contributed by atoms with van der Waals surface area (Å²) in [7, 11) is -1.66. The van der Waals surface area contributed by atoms with Crippen LogP contribution in [0.25, 0.3) is 0 Å². The quantitative estimate of drug-likeness (QED) is 0.781. The van der Waals surface area contributed by atoms with Gasteiger partial charge in [0.25, 0.3) is 5.91 Å². The molecule has 0 aromatic heterocycles. The second-order valence-electron chi connectivity index (χ2n) is 5.29. The van der Waals surface area contributed by atoms with Crippen LogP contribution in [0.15, 0.2) is 18.2 Å². The first-order valence-electron chi connectivity index (χ1n) is 6.91. The minimum Gasteiger partial charge on any atom is -0.480 e. The Balaban J connectivity index is 1.76. The largest absolute Gasteiger partial charge is 0.480 e. The zero-order valence-electron chi connectivity index (χ0n) is 12.5. The van der Waals surface area contributed by atoms with Crippen molar-refractivity contribution in [2.24, 2.45) is 0 Å². The second kappa shape index (κ2) is 6.85. The summed E-state index contributed by atoms with van der Waals surface area (Å²) in [4.78, 5) is 12.0. The summed E-state index contributed by atoms with van der Waals surface area (Å²) < 4.78 is 29.3. The maximum Gasteiger partial charge on any atom is 0.261 e. The highest BCUT2D eigenvalue weighted by molar-refractivity contribution is 7.88. The summed E-state index contributed by atoms with van der Waals surface area (Å²) in [6.45, 7) is 0.760. The third-order valence-electron chi connectivity index (χ3n) is 3.50. The zero-order valence-corrected chi connectivity index (χ0v) is 14.1. The van der Waals surface area contributed by atoms with E-state index < -0.39 is 16.1 Å². The molecule has 22 heavy (non-hydrogen) atoms. The van der Waals surface area contributed by atoms with Crippen LogP contribution in [-0.2, 0) is 21.2 Å². The van der Waals surface area contributed by atoms with Gasteiger partial charge in [-0.15, -0.1) is 0 Å². The van der Waals surface area contributed by atoms with Crippen molar-refractivity contribution in [1.82, 2.24) is 9.62 Å². The number of carbonyl (C=O) groups excluding carboxylic acids is 1. The summed E-state index contributed by atoms with van der Waals surface area (Å²) in [5, 5.41) is 3.38. The molecule has 1 aromatic carbocycles. The van der Waals surface area contributed by atoms with Crippen LogP contribution >= 0.6 is 11.6 Å². The lowest BCUT2D eigenvalue weighted by Gasteiger charge is -2.15. The Morgan fingerprint density at radius 1 is 1.50 bits per heavy atom. The fourth-order valence-corrected chi connectivity index (χ4v) is 2.81. The fraction of sp³-hybridized carbons (Fsp3) is 0.500. The molecule has 1 aromatic rings. The molecule has 0 fully saturated rings. The smallest absolute Gasteiger partial charge is 0.261 e. The van der Waals surface area contributed by atoms with Crippen molar-refractivity contribution in [2.75, 3.05) is 26.4 Å². The summed E-state index contributed by atoms with van der Waals surface area (Å²) in [6, 6.07) is 5.28. The SMILES string of the molecule is CN(CCCNC(=O)C1Cc2cc(Cl)ccc2O1)S(C)(=O)=O. The van der Waals surface area contributed by atoms with Gasteiger partial charge in [0.05, 0.1) is 6.26 Å². The molecule has 122 valence electrons. The van der Waals surface area contributed by atoms with Gasteiger partial charge in [-0.1, -0.05) is 11.6 Å². The molecule has 1 amide bonds. The van der Waals surface area contributed by atoms with E-state index in [4.69, 9.17) is 16.3 Å². The number of rotatable bonds is 6. The zero-order chi connectivity index (χ0) is 16.3. The predicted octanol–water partition coefficient (Wildman–Crippen LogP) is 1.04. The lowest BCUT2D eigenvalue weighted by molar-refractivity contribution is -0.127. The van der Waals surface area contributed by atoms with E-state index in [0.29, 0.717) is 36.7 Å². The van der Waals surface area contributed by atoms with E-state index in [2.05, 4.69) is 5.32 Å². The number of amides is 1. The highest BCUT2D eigenvalue weighted by Crippen LogP contribution is 2.31. The first kappa shape index (κ1) is 17.1. The average Bonchev–Trinajstić information content (AvgIpc) is 2.85. The molecule has 0 spiro atoms. The molecule has 2 rings (SSSR count). The lowest BCUT2D eigenvalue weighted by Crippen LogP contribution is -2.39. The van der Waals surface area contributed by atoms with Crippen LogP contribution in [0.1, 0.15) is 12.0 Å². The van der Waals surface area contributed by atoms with Crippen molar-refractivity contribution < 1.29 is 17.9 Å². The van der Waals surface area contributed by atoms with Gasteiger partial charge >= 0.3 is 0 Å². The highest BCUT2D eigenvalue weighted by atomic mass is 35.5. The maximum atomic E-state index is 12.0. The Labute approximate surface area is 135 Å². The van der Waals surface area contributed by atoms with Crippen molar-refractivity contribution in [3.8, 4) is 5.75 Å². The number of benzene rings is 1. The van der Waals surface area contributed by atoms with Crippen LogP contribution in [0.2, 0.25) is 5.02 Å².